The number of carbonyl (C=O) groups is 1. The summed E-state index contributed by atoms with van der Waals surface area (Å²) >= 11 is 3.48. The maximum absolute atomic E-state index is 11.8. The summed E-state index contributed by atoms with van der Waals surface area (Å²) in [4.78, 5) is 27.0. The van der Waals surface area contributed by atoms with Crippen molar-refractivity contribution in [3.8, 4) is 11.5 Å². The maximum Gasteiger partial charge on any atom is 0.179 e. The monoisotopic (exact) mass is 441 g/mol. The predicted octanol–water partition coefficient (Wildman–Crippen LogP) is 4.32. The molecule has 28 heavy (non-hydrogen) atoms. The van der Waals surface area contributed by atoms with Gasteiger partial charge in [-0.05, 0) is 51.9 Å². The van der Waals surface area contributed by atoms with E-state index in [9.17, 15) is 4.79 Å². The number of aldehydes is 1. The highest BCUT2D eigenvalue weighted by atomic mass is 79.9. The summed E-state index contributed by atoms with van der Waals surface area (Å²) in [6, 6.07) is 5.82. The van der Waals surface area contributed by atoms with Gasteiger partial charge in [-0.3, -0.25) is 4.79 Å². The van der Waals surface area contributed by atoms with Gasteiger partial charge in [-0.15, -0.1) is 0 Å². The molecule has 1 fully saturated rings. The van der Waals surface area contributed by atoms with Crippen LogP contribution >= 0.6 is 15.9 Å². The summed E-state index contributed by atoms with van der Waals surface area (Å²) in [5, 5.41) is 4.34. The molecule has 0 radical (unpaired) electrons. The Bertz CT molecular complexity index is 1020. The first-order chi connectivity index (χ1) is 13.6. The molecule has 0 atom stereocenters. The number of nitrogens with one attached hydrogen (secondary N) is 2. The van der Waals surface area contributed by atoms with Crippen LogP contribution in [-0.4, -0.2) is 52.3 Å². The molecule has 1 saturated heterocycles. The number of aromatic amines is 1. The van der Waals surface area contributed by atoms with Gasteiger partial charge in [-0.2, -0.15) is 0 Å². The van der Waals surface area contributed by atoms with E-state index < -0.39 is 0 Å². The van der Waals surface area contributed by atoms with Gasteiger partial charge < -0.3 is 15.2 Å². The molecule has 3 aromatic rings. The molecular weight excluding hydrogens is 418 g/mol. The molecule has 0 aliphatic carbocycles. The van der Waals surface area contributed by atoms with Crippen LogP contribution in [0.25, 0.3) is 22.4 Å². The number of nitrogens with zero attached hydrogens (tertiary/aromatic N) is 3. The number of aryl methyl sites for hydroxylation is 1. The van der Waals surface area contributed by atoms with Crippen molar-refractivity contribution in [3.63, 3.8) is 0 Å². The Morgan fingerprint density at radius 2 is 2.04 bits per heavy atom. The zero-order valence-electron chi connectivity index (χ0n) is 16.2. The second-order valence-electron chi connectivity index (χ2n) is 7.30. The molecule has 1 aliphatic heterocycles. The number of rotatable bonds is 6. The molecule has 146 valence electrons. The van der Waals surface area contributed by atoms with Gasteiger partial charge in [0.05, 0.1) is 11.3 Å². The van der Waals surface area contributed by atoms with E-state index in [1.165, 1.54) is 25.9 Å². The summed E-state index contributed by atoms with van der Waals surface area (Å²) in [5.41, 5.74) is 4.08. The zero-order valence-corrected chi connectivity index (χ0v) is 17.8. The van der Waals surface area contributed by atoms with Crippen LogP contribution in [0.15, 0.2) is 22.7 Å². The molecule has 0 bridgehead atoms. The fourth-order valence-corrected chi connectivity index (χ4v) is 4.10. The van der Waals surface area contributed by atoms with Crippen molar-refractivity contribution in [1.82, 2.24) is 19.9 Å². The molecule has 4 rings (SSSR count). The Morgan fingerprint density at radius 3 is 2.79 bits per heavy atom. The lowest BCUT2D eigenvalue weighted by Crippen LogP contribution is -2.26. The normalized spacial score (nSPS) is 14.7. The van der Waals surface area contributed by atoms with E-state index >= 15 is 0 Å². The second-order valence-corrected chi connectivity index (χ2v) is 8.22. The quantitative estimate of drug-likeness (QED) is 0.556. The Hall–Kier alpha value is -2.25. The van der Waals surface area contributed by atoms with Crippen LogP contribution in [0.2, 0.25) is 0 Å². The second kappa shape index (κ2) is 8.01. The molecule has 6 nitrogen and oxygen atoms in total. The lowest BCUT2D eigenvalue weighted by Gasteiger charge is -2.16. The van der Waals surface area contributed by atoms with E-state index in [1.54, 1.807) is 0 Å². The lowest BCUT2D eigenvalue weighted by molar-refractivity contribution is 0.112. The molecule has 0 amide bonds. The summed E-state index contributed by atoms with van der Waals surface area (Å²) < 4.78 is 0.954. The number of H-pyrrole nitrogens is 1. The summed E-state index contributed by atoms with van der Waals surface area (Å²) in [6.07, 6.45) is 3.46. The first kappa shape index (κ1) is 19.1. The summed E-state index contributed by atoms with van der Waals surface area (Å²) in [5.74, 6) is 1.37. The van der Waals surface area contributed by atoms with Crippen LogP contribution in [0.5, 0.6) is 0 Å². The van der Waals surface area contributed by atoms with Crippen LogP contribution < -0.4 is 5.32 Å². The number of hydrogen-bond donors (Lipinski definition) is 2. The van der Waals surface area contributed by atoms with Crippen molar-refractivity contribution in [3.05, 3.63) is 39.5 Å². The molecule has 3 heterocycles. The zero-order chi connectivity index (χ0) is 19.7. The van der Waals surface area contributed by atoms with Crippen molar-refractivity contribution in [2.75, 3.05) is 31.5 Å². The van der Waals surface area contributed by atoms with Gasteiger partial charge in [-0.25, -0.2) is 9.97 Å². The standard InChI is InChI=1S/C21H24BrN5O/c1-13-14(2)24-21(26-20(13)23-7-10-27-8-3-4-9-27)19-17(12-28)16-6-5-15(22)11-18(16)25-19/h5-6,11-12,25H,3-4,7-10H2,1-2H3,(H,23,24,26). The Kier molecular flexibility index (Phi) is 5.46. The number of halogens is 1. The predicted molar refractivity (Wildman–Crippen MR) is 116 cm³/mol. The summed E-state index contributed by atoms with van der Waals surface area (Å²) in [7, 11) is 0. The number of carbonyl (C=O) groups excluding carboxylic acids is 1. The number of benzene rings is 1. The minimum absolute atomic E-state index is 0.543. The van der Waals surface area contributed by atoms with E-state index in [0.717, 1.165) is 51.8 Å². The molecule has 2 N–H and O–H groups in total. The number of fused-ring (bicyclic) bond motifs is 1. The van der Waals surface area contributed by atoms with Crippen molar-refractivity contribution in [2.45, 2.75) is 26.7 Å². The third-order valence-corrected chi connectivity index (χ3v) is 5.94. The molecule has 1 aromatic carbocycles. The highest BCUT2D eigenvalue weighted by molar-refractivity contribution is 9.10. The maximum atomic E-state index is 11.8. The Morgan fingerprint density at radius 1 is 1.25 bits per heavy atom. The first-order valence-corrected chi connectivity index (χ1v) is 10.4. The molecular formula is C21H24BrN5O. The fourth-order valence-electron chi connectivity index (χ4n) is 3.74. The topological polar surface area (TPSA) is 73.9 Å². The van der Waals surface area contributed by atoms with Crippen LogP contribution in [0.3, 0.4) is 0 Å². The minimum Gasteiger partial charge on any atom is -0.368 e. The van der Waals surface area contributed by atoms with E-state index in [2.05, 4.69) is 36.1 Å². The lowest BCUT2D eigenvalue weighted by atomic mass is 10.1. The van der Waals surface area contributed by atoms with Crippen molar-refractivity contribution < 1.29 is 4.79 Å². The van der Waals surface area contributed by atoms with Crippen LogP contribution in [0.4, 0.5) is 5.82 Å². The van der Waals surface area contributed by atoms with Crippen LogP contribution in [-0.2, 0) is 0 Å². The first-order valence-electron chi connectivity index (χ1n) is 9.65. The number of aromatic nitrogens is 3. The third-order valence-electron chi connectivity index (χ3n) is 5.45. The highest BCUT2D eigenvalue weighted by Gasteiger charge is 2.18. The summed E-state index contributed by atoms with van der Waals surface area (Å²) in [6.45, 7) is 8.23. The number of hydrogen-bond acceptors (Lipinski definition) is 5. The van der Waals surface area contributed by atoms with Gasteiger partial charge >= 0.3 is 0 Å². The van der Waals surface area contributed by atoms with Gasteiger partial charge in [0.1, 0.15) is 5.82 Å². The van der Waals surface area contributed by atoms with E-state index in [-0.39, 0.29) is 0 Å². The van der Waals surface area contributed by atoms with Gasteiger partial charge in [0, 0.05) is 39.7 Å². The minimum atomic E-state index is 0.543. The van der Waals surface area contributed by atoms with E-state index in [4.69, 9.17) is 4.98 Å². The number of likely N-dealkylation sites (tertiary alicyclic amines) is 1. The molecule has 0 unspecified atom stereocenters. The molecule has 0 spiro atoms. The van der Waals surface area contributed by atoms with E-state index in [1.807, 2.05) is 32.0 Å². The fraction of sp³-hybridized carbons (Fsp3) is 0.381. The Balaban J connectivity index is 1.67. The van der Waals surface area contributed by atoms with Crippen molar-refractivity contribution >= 4 is 38.9 Å². The van der Waals surface area contributed by atoms with Crippen molar-refractivity contribution in [2.24, 2.45) is 0 Å². The number of anilines is 1. The van der Waals surface area contributed by atoms with Gasteiger partial charge in [0.15, 0.2) is 12.1 Å². The van der Waals surface area contributed by atoms with Crippen molar-refractivity contribution in [1.29, 1.82) is 0 Å². The smallest absolute Gasteiger partial charge is 0.179 e. The van der Waals surface area contributed by atoms with E-state index in [0.29, 0.717) is 17.1 Å². The molecule has 2 aromatic heterocycles. The highest BCUT2D eigenvalue weighted by Crippen LogP contribution is 2.30. The average molecular weight is 442 g/mol. The SMILES string of the molecule is Cc1nc(-c2[nH]c3cc(Br)ccc3c2C=O)nc(NCCN2CCCC2)c1C. The van der Waals surface area contributed by atoms with Crippen LogP contribution in [0, 0.1) is 13.8 Å². The molecule has 7 heteroatoms. The largest absolute Gasteiger partial charge is 0.368 e. The van der Waals surface area contributed by atoms with Gasteiger partial charge in [0.25, 0.3) is 0 Å². The average Bonchev–Trinajstić information content (AvgIpc) is 3.31. The van der Waals surface area contributed by atoms with Gasteiger partial charge in [-0.1, -0.05) is 22.0 Å². The van der Waals surface area contributed by atoms with Gasteiger partial charge in [0.2, 0.25) is 0 Å². The van der Waals surface area contributed by atoms with Crippen LogP contribution in [0.1, 0.15) is 34.5 Å². The molecule has 0 saturated carbocycles. The Labute approximate surface area is 172 Å². The third kappa shape index (κ3) is 3.69. The molecule has 1 aliphatic rings.